The second-order valence-electron chi connectivity index (χ2n) is 3.34. The number of carboxylic acids is 1. The van der Waals surface area contributed by atoms with Crippen molar-refractivity contribution >= 4 is 5.97 Å². The number of benzene rings is 1. The van der Waals surface area contributed by atoms with E-state index in [1.807, 2.05) is 0 Å². The van der Waals surface area contributed by atoms with Crippen LogP contribution < -0.4 is 0 Å². The van der Waals surface area contributed by atoms with Gasteiger partial charge in [0.1, 0.15) is 11.5 Å². The number of aromatic carboxylic acids is 1. The maximum absolute atomic E-state index is 13.6. The van der Waals surface area contributed by atoms with Crippen molar-refractivity contribution in [2.45, 2.75) is 6.92 Å². The molecule has 16 heavy (non-hydrogen) atoms. The highest BCUT2D eigenvalue weighted by molar-refractivity contribution is 5.91. The Bertz CT molecular complexity index is 549. The summed E-state index contributed by atoms with van der Waals surface area (Å²) < 4.78 is 14.8. The molecule has 1 aromatic heterocycles. The Morgan fingerprint density at radius 2 is 2.19 bits per heavy atom. The van der Waals surface area contributed by atoms with Gasteiger partial charge in [-0.3, -0.25) is 0 Å². The molecule has 5 heteroatoms. The van der Waals surface area contributed by atoms with Crippen LogP contribution in [0.1, 0.15) is 16.1 Å². The molecule has 0 aliphatic rings. The summed E-state index contributed by atoms with van der Waals surface area (Å²) in [6.07, 6.45) is 1.53. The first kappa shape index (κ1) is 10.4. The molecule has 0 bridgehead atoms. The molecule has 1 aromatic carbocycles. The largest absolute Gasteiger partial charge is 0.478 e. The SMILES string of the molecule is Cc1ccn(-c2c(F)cccc2C(=O)O)n1. The number of carboxylic acid groups (broad SMARTS) is 1. The number of aryl methyl sites for hydroxylation is 1. The highest BCUT2D eigenvalue weighted by Gasteiger charge is 2.16. The van der Waals surface area contributed by atoms with Crippen molar-refractivity contribution in [1.29, 1.82) is 0 Å². The standard InChI is InChI=1S/C11H9FN2O2/c1-7-5-6-14(13-7)10-8(11(15)16)3-2-4-9(10)12/h2-6H,1H3,(H,15,16). The zero-order chi connectivity index (χ0) is 11.7. The monoisotopic (exact) mass is 220 g/mol. The summed E-state index contributed by atoms with van der Waals surface area (Å²) >= 11 is 0. The van der Waals surface area contributed by atoms with Crippen molar-refractivity contribution in [2.75, 3.05) is 0 Å². The number of carbonyl (C=O) groups is 1. The average Bonchev–Trinajstić information content (AvgIpc) is 2.64. The number of halogens is 1. The first-order valence-electron chi connectivity index (χ1n) is 4.64. The van der Waals surface area contributed by atoms with E-state index >= 15 is 0 Å². The molecule has 0 atom stereocenters. The Labute approximate surface area is 90.9 Å². The maximum atomic E-state index is 13.6. The predicted octanol–water partition coefficient (Wildman–Crippen LogP) is 2.02. The summed E-state index contributed by atoms with van der Waals surface area (Å²) in [6.45, 7) is 1.75. The molecule has 4 nitrogen and oxygen atoms in total. The molecular formula is C11H9FN2O2. The normalized spacial score (nSPS) is 10.4. The lowest BCUT2D eigenvalue weighted by Crippen LogP contribution is -2.08. The van der Waals surface area contributed by atoms with Crippen LogP contribution >= 0.6 is 0 Å². The smallest absolute Gasteiger partial charge is 0.338 e. The van der Waals surface area contributed by atoms with Gasteiger partial charge in [-0.1, -0.05) is 6.07 Å². The quantitative estimate of drug-likeness (QED) is 0.842. The Hall–Kier alpha value is -2.17. The zero-order valence-corrected chi connectivity index (χ0v) is 8.51. The highest BCUT2D eigenvalue weighted by atomic mass is 19.1. The van der Waals surface area contributed by atoms with E-state index in [2.05, 4.69) is 5.10 Å². The molecule has 2 rings (SSSR count). The molecule has 82 valence electrons. The van der Waals surface area contributed by atoms with Gasteiger partial charge >= 0.3 is 5.97 Å². The fourth-order valence-electron chi connectivity index (χ4n) is 1.46. The van der Waals surface area contributed by atoms with Crippen LogP contribution in [0.15, 0.2) is 30.5 Å². The minimum atomic E-state index is -1.18. The Morgan fingerprint density at radius 1 is 1.44 bits per heavy atom. The van der Waals surface area contributed by atoms with Crippen molar-refractivity contribution in [1.82, 2.24) is 9.78 Å². The number of nitrogens with zero attached hydrogens (tertiary/aromatic N) is 2. The van der Waals surface area contributed by atoms with Crippen LogP contribution in [0.4, 0.5) is 4.39 Å². The third-order valence-electron chi connectivity index (χ3n) is 2.17. The van der Waals surface area contributed by atoms with Gasteiger partial charge in [-0.15, -0.1) is 0 Å². The highest BCUT2D eigenvalue weighted by Crippen LogP contribution is 2.18. The fraction of sp³-hybridized carbons (Fsp3) is 0.0909. The first-order valence-corrected chi connectivity index (χ1v) is 4.64. The van der Waals surface area contributed by atoms with Crippen molar-refractivity contribution in [2.24, 2.45) is 0 Å². The van der Waals surface area contributed by atoms with E-state index in [9.17, 15) is 9.18 Å². The van der Waals surface area contributed by atoms with E-state index < -0.39 is 11.8 Å². The van der Waals surface area contributed by atoms with Gasteiger partial charge in [-0.05, 0) is 25.1 Å². The molecule has 0 amide bonds. The Balaban J connectivity index is 2.67. The van der Waals surface area contributed by atoms with E-state index in [0.29, 0.717) is 5.69 Å². The van der Waals surface area contributed by atoms with Crippen LogP contribution in [0, 0.1) is 12.7 Å². The van der Waals surface area contributed by atoms with Crippen molar-refractivity contribution in [3.05, 3.63) is 47.5 Å². The van der Waals surface area contributed by atoms with Crippen molar-refractivity contribution in [3.8, 4) is 5.69 Å². The van der Waals surface area contributed by atoms with Crippen LogP contribution in [0.5, 0.6) is 0 Å². The molecule has 0 fully saturated rings. The van der Waals surface area contributed by atoms with E-state index in [1.165, 1.54) is 29.1 Å². The molecule has 1 heterocycles. The lowest BCUT2D eigenvalue weighted by atomic mass is 10.1. The lowest BCUT2D eigenvalue weighted by molar-refractivity contribution is 0.0696. The van der Waals surface area contributed by atoms with Gasteiger partial charge in [0.15, 0.2) is 0 Å². The number of rotatable bonds is 2. The van der Waals surface area contributed by atoms with Crippen molar-refractivity contribution < 1.29 is 14.3 Å². The molecule has 0 aliphatic heterocycles. The summed E-state index contributed by atoms with van der Waals surface area (Å²) in [5, 5.41) is 12.9. The summed E-state index contributed by atoms with van der Waals surface area (Å²) in [6, 6.07) is 5.59. The van der Waals surface area contributed by atoms with Crippen LogP contribution in [0.25, 0.3) is 5.69 Å². The van der Waals surface area contributed by atoms with Gasteiger partial charge in [-0.25, -0.2) is 13.9 Å². The molecule has 0 saturated carbocycles. The fourth-order valence-corrected chi connectivity index (χ4v) is 1.46. The predicted molar refractivity (Wildman–Crippen MR) is 55.2 cm³/mol. The third kappa shape index (κ3) is 1.67. The molecule has 0 spiro atoms. The summed E-state index contributed by atoms with van der Waals surface area (Å²) in [5.74, 6) is -1.79. The van der Waals surface area contributed by atoms with E-state index in [0.717, 1.165) is 0 Å². The lowest BCUT2D eigenvalue weighted by Gasteiger charge is -2.06. The van der Waals surface area contributed by atoms with Gasteiger partial charge in [0, 0.05) is 6.20 Å². The topological polar surface area (TPSA) is 55.1 Å². The first-order chi connectivity index (χ1) is 7.59. The number of para-hydroxylation sites is 1. The van der Waals surface area contributed by atoms with Gasteiger partial charge in [0.05, 0.1) is 11.3 Å². The molecule has 0 unspecified atom stereocenters. The summed E-state index contributed by atoms with van der Waals surface area (Å²) in [4.78, 5) is 10.9. The summed E-state index contributed by atoms with van der Waals surface area (Å²) in [7, 11) is 0. The molecule has 0 radical (unpaired) electrons. The second-order valence-corrected chi connectivity index (χ2v) is 3.34. The van der Waals surface area contributed by atoms with E-state index in [4.69, 9.17) is 5.11 Å². The number of hydrogen-bond donors (Lipinski definition) is 1. The molecule has 0 aliphatic carbocycles. The zero-order valence-electron chi connectivity index (χ0n) is 8.51. The van der Waals surface area contributed by atoms with Gasteiger partial charge in [0.25, 0.3) is 0 Å². The van der Waals surface area contributed by atoms with Crippen LogP contribution in [-0.2, 0) is 0 Å². The molecule has 0 saturated heterocycles. The number of aromatic nitrogens is 2. The third-order valence-corrected chi connectivity index (χ3v) is 2.17. The van der Waals surface area contributed by atoms with Crippen molar-refractivity contribution in [3.63, 3.8) is 0 Å². The Kier molecular flexibility index (Phi) is 2.44. The van der Waals surface area contributed by atoms with Gasteiger partial charge in [0.2, 0.25) is 0 Å². The second kappa shape index (κ2) is 3.77. The van der Waals surface area contributed by atoms with Crippen LogP contribution in [-0.4, -0.2) is 20.9 Å². The minimum absolute atomic E-state index is 0.0388. The molecule has 1 N–H and O–H groups in total. The molecule has 2 aromatic rings. The summed E-state index contributed by atoms with van der Waals surface area (Å²) in [5.41, 5.74) is 0.547. The maximum Gasteiger partial charge on any atom is 0.338 e. The van der Waals surface area contributed by atoms with Gasteiger partial charge in [-0.2, -0.15) is 5.10 Å². The average molecular weight is 220 g/mol. The van der Waals surface area contributed by atoms with Crippen LogP contribution in [0.2, 0.25) is 0 Å². The van der Waals surface area contributed by atoms with Gasteiger partial charge < -0.3 is 5.11 Å². The number of hydrogen-bond acceptors (Lipinski definition) is 2. The molecular weight excluding hydrogens is 211 g/mol. The van der Waals surface area contributed by atoms with E-state index in [1.54, 1.807) is 13.0 Å². The van der Waals surface area contributed by atoms with E-state index in [-0.39, 0.29) is 11.3 Å². The van der Waals surface area contributed by atoms with Crippen LogP contribution in [0.3, 0.4) is 0 Å². The Morgan fingerprint density at radius 3 is 2.75 bits per heavy atom. The minimum Gasteiger partial charge on any atom is -0.478 e.